The lowest BCUT2D eigenvalue weighted by molar-refractivity contribution is -0.0587. The normalized spacial score (nSPS) is 18.7. The first kappa shape index (κ1) is 27.5. The van der Waals surface area contributed by atoms with Crippen LogP contribution in [0.15, 0.2) is 54.6 Å². The van der Waals surface area contributed by atoms with Gasteiger partial charge in [0.25, 0.3) is 0 Å². The highest BCUT2D eigenvalue weighted by molar-refractivity contribution is 5.91. The number of benzene rings is 3. The lowest BCUT2D eigenvalue weighted by Crippen LogP contribution is -2.40. The number of rotatable bonds is 6. The summed E-state index contributed by atoms with van der Waals surface area (Å²) in [5.74, 6) is -1.71. The summed E-state index contributed by atoms with van der Waals surface area (Å²) in [5.41, 5.74) is 2.28. The molecule has 0 amide bonds. The van der Waals surface area contributed by atoms with Gasteiger partial charge in [-0.25, -0.2) is 14.4 Å². The van der Waals surface area contributed by atoms with Crippen LogP contribution in [-0.4, -0.2) is 51.5 Å². The van der Waals surface area contributed by atoms with E-state index < -0.39 is 36.2 Å². The van der Waals surface area contributed by atoms with Gasteiger partial charge in [0.1, 0.15) is 35.6 Å². The minimum Gasteiger partial charge on any atom is -0.508 e. The van der Waals surface area contributed by atoms with Gasteiger partial charge in [0.15, 0.2) is 0 Å². The Morgan fingerprint density at radius 3 is 1.03 bits per heavy atom. The third kappa shape index (κ3) is 6.67. The number of hydrogen-bond donors (Lipinski definition) is 3. The van der Waals surface area contributed by atoms with Crippen molar-refractivity contribution in [2.75, 3.05) is 0 Å². The van der Waals surface area contributed by atoms with Gasteiger partial charge in [0.2, 0.25) is 0 Å². The summed E-state index contributed by atoms with van der Waals surface area (Å²) in [6.07, 6.45) is -1.59. The minimum atomic E-state index is -0.723. The van der Waals surface area contributed by atoms with Gasteiger partial charge in [-0.3, -0.25) is 0 Å². The Bertz CT molecular complexity index is 1240. The average molecular weight is 535 g/mol. The van der Waals surface area contributed by atoms with E-state index in [9.17, 15) is 29.7 Å². The molecule has 0 atom stereocenters. The zero-order chi connectivity index (χ0) is 28.3. The molecule has 3 aromatic rings. The molecule has 0 aromatic heterocycles. The van der Waals surface area contributed by atoms with Crippen molar-refractivity contribution in [3.63, 3.8) is 0 Å². The monoisotopic (exact) mass is 534 g/mol. The van der Waals surface area contributed by atoms with Crippen molar-refractivity contribution < 1.29 is 43.9 Å². The first-order valence-electron chi connectivity index (χ1n) is 12.5. The number of ether oxygens (including phenoxy) is 3. The highest BCUT2D eigenvalue weighted by Gasteiger charge is 2.36. The van der Waals surface area contributed by atoms with Crippen LogP contribution in [0.1, 0.15) is 67.0 Å². The standard InChI is InChI=1S/C30H30O9/c1-16-10-19(4-7-25(16)31)28(34)37-22-13-23(38-29(35)20-5-8-26(32)17(2)11-20)15-24(14-22)39-30(36)21-6-9-27(33)18(3)12-21/h4-12,22-24,31-33H,13-15H2,1-3H3. The SMILES string of the molecule is Cc1cc(C(=O)OC2CC(OC(=O)c3ccc(O)c(C)c3)CC(OC(=O)c3ccc(O)c(C)c3)C2)ccc1O. The van der Waals surface area contributed by atoms with E-state index in [1.54, 1.807) is 20.8 Å². The molecule has 0 unspecified atom stereocenters. The van der Waals surface area contributed by atoms with Crippen LogP contribution in [0.3, 0.4) is 0 Å². The van der Waals surface area contributed by atoms with E-state index in [0.717, 1.165) is 0 Å². The topological polar surface area (TPSA) is 140 Å². The molecule has 1 aliphatic carbocycles. The fourth-order valence-corrected chi connectivity index (χ4v) is 4.46. The van der Waals surface area contributed by atoms with Crippen LogP contribution in [-0.2, 0) is 14.2 Å². The Labute approximate surface area is 225 Å². The van der Waals surface area contributed by atoms with Crippen LogP contribution >= 0.6 is 0 Å². The van der Waals surface area contributed by atoms with Gasteiger partial charge in [-0.15, -0.1) is 0 Å². The van der Waals surface area contributed by atoms with Crippen molar-refractivity contribution >= 4 is 17.9 Å². The minimum absolute atomic E-state index is 0.0529. The van der Waals surface area contributed by atoms with Gasteiger partial charge in [0, 0.05) is 19.3 Å². The number of phenols is 3. The first-order valence-corrected chi connectivity index (χ1v) is 12.5. The molecule has 0 aliphatic heterocycles. The van der Waals surface area contributed by atoms with E-state index in [1.165, 1.54) is 54.6 Å². The number of aryl methyl sites for hydroxylation is 3. The Hall–Kier alpha value is -4.53. The molecule has 1 saturated carbocycles. The highest BCUT2D eigenvalue weighted by atomic mass is 16.6. The maximum absolute atomic E-state index is 12.8. The molecular formula is C30H30O9. The number of aromatic hydroxyl groups is 3. The Morgan fingerprint density at radius 1 is 0.538 bits per heavy atom. The lowest BCUT2D eigenvalue weighted by Gasteiger charge is -2.34. The van der Waals surface area contributed by atoms with Crippen LogP contribution in [0, 0.1) is 20.8 Å². The van der Waals surface area contributed by atoms with E-state index in [2.05, 4.69) is 0 Å². The predicted octanol–water partition coefficient (Wildman–Crippen LogP) is 4.89. The molecule has 3 N–H and O–H groups in total. The third-order valence-corrected chi connectivity index (χ3v) is 6.70. The number of hydrogen-bond acceptors (Lipinski definition) is 9. The summed E-state index contributed by atoms with van der Waals surface area (Å²) in [5, 5.41) is 29.3. The first-order chi connectivity index (χ1) is 18.5. The summed E-state index contributed by atoms with van der Waals surface area (Å²) in [4.78, 5) is 38.5. The van der Waals surface area contributed by atoms with E-state index in [0.29, 0.717) is 16.7 Å². The molecule has 1 fully saturated rings. The molecule has 9 nitrogen and oxygen atoms in total. The Balaban J connectivity index is 1.51. The summed E-state index contributed by atoms with van der Waals surface area (Å²) in [6.45, 7) is 4.98. The van der Waals surface area contributed by atoms with Crippen LogP contribution < -0.4 is 0 Å². The van der Waals surface area contributed by atoms with E-state index in [-0.39, 0.29) is 53.2 Å². The molecule has 9 heteroatoms. The molecule has 0 bridgehead atoms. The van der Waals surface area contributed by atoms with Crippen molar-refractivity contribution in [1.29, 1.82) is 0 Å². The molecule has 3 aromatic carbocycles. The van der Waals surface area contributed by atoms with Crippen LogP contribution in [0.5, 0.6) is 17.2 Å². The van der Waals surface area contributed by atoms with Crippen molar-refractivity contribution in [2.24, 2.45) is 0 Å². The fourth-order valence-electron chi connectivity index (χ4n) is 4.46. The molecule has 0 radical (unpaired) electrons. The molecular weight excluding hydrogens is 504 g/mol. The zero-order valence-corrected chi connectivity index (χ0v) is 21.8. The van der Waals surface area contributed by atoms with Crippen molar-refractivity contribution in [3.8, 4) is 17.2 Å². The molecule has 0 heterocycles. The van der Waals surface area contributed by atoms with Gasteiger partial charge in [0.05, 0.1) is 16.7 Å². The molecule has 1 aliphatic rings. The molecule has 0 spiro atoms. The summed E-state index contributed by atoms with van der Waals surface area (Å²) in [6, 6.07) is 13.1. The van der Waals surface area contributed by atoms with Gasteiger partial charge in [-0.1, -0.05) is 0 Å². The summed E-state index contributed by atoms with van der Waals surface area (Å²) < 4.78 is 17.1. The van der Waals surface area contributed by atoms with Gasteiger partial charge in [-0.05, 0) is 92.1 Å². The Kier molecular flexibility index (Phi) is 8.09. The van der Waals surface area contributed by atoms with Gasteiger partial charge >= 0.3 is 17.9 Å². The molecule has 204 valence electrons. The van der Waals surface area contributed by atoms with Gasteiger partial charge < -0.3 is 29.5 Å². The quantitative estimate of drug-likeness (QED) is 0.298. The number of carbonyl (C=O) groups excluding carboxylic acids is 3. The predicted molar refractivity (Wildman–Crippen MR) is 140 cm³/mol. The van der Waals surface area contributed by atoms with Crippen molar-refractivity contribution in [3.05, 3.63) is 88.0 Å². The molecule has 39 heavy (non-hydrogen) atoms. The van der Waals surface area contributed by atoms with Crippen molar-refractivity contribution in [1.82, 2.24) is 0 Å². The van der Waals surface area contributed by atoms with E-state index in [1.807, 2.05) is 0 Å². The van der Waals surface area contributed by atoms with Gasteiger partial charge in [-0.2, -0.15) is 0 Å². The second-order valence-electron chi connectivity index (χ2n) is 9.79. The lowest BCUT2D eigenvalue weighted by atomic mass is 9.91. The Morgan fingerprint density at radius 2 is 0.795 bits per heavy atom. The maximum Gasteiger partial charge on any atom is 0.338 e. The van der Waals surface area contributed by atoms with Crippen LogP contribution in [0.4, 0.5) is 0 Å². The second-order valence-corrected chi connectivity index (χ2v) is 9.79. The molecule has 4 rings (SSSR count). The number of carbonyl (C=O) groups is 3. The van der Waals surface area contributed by atoms with E-state index >= 15 is 0 Å². The summed E-state index contributed by atoms with van der Waals surface area (Å²) in [7, 11) is 0. The summed E-state index contributed by atoms with van der Waals surface area (Å²) >= 11 is 0. The zero-order valence-electron chi connectivity index (χ0n) is 21.8. The fraction of sp³-hybridized carbons (Fsp3) is 0.300. The molecule has 0 saturated heterocycles. The largest absolute Gasteiger partial charge is 0.508 e. The average Bonchev–Trinajstić information content (AvgIpc) is 2.88. The maximum atomic E-state index is 12.8. The van der Waals surface area contributed by atoms with Crippen LogP contribution in [0.25, 0.3) is 0 Å². The highest BCUT2D eigenvalue weighted by Crippen LogP contribution is 2.30. The third-order valence-electron chi connectivity index (χ3n) is 6.70. The van der Waals surface area contributed by atoms with Crippen molar-refractivity contribution in [2.45, 2.75) is 58.3 Å². The number of esters is 3. The van der Waals surface area contributed by atoms with E-state index in [4.69, 9.17) is 14.2 Å². The van der Waals surface area contributed by atoms with Crippen LogP contribution in [0.2, 0.25) is 0 Å². The number of phenolic OH excluding ortho intramolecular Hbond substituents is 3. The smallest absolute Gasteiger partial charge is 0.338 e. The second kappa shape index (κ2) is 11.5.